The molecular weight excluding hydrogens is 336 g/mol. The standard InChI is InChI=1S/C12H22O8S2/c13-7(5-19-9(15)1-3-21)11(17)12(18)8(14)6-20-10(16)2-4-22/h7-8,11-14,17-18,21-22H,1-6H2. The Kier molecular flexibility index (Phi) is 11.7. The van der Waals surface area contributed by atoms with Gasteiger partial charge in [0.1, 0.15) is 37.6 Å². The van der Waals surface area contributed by atoms with Gasteiger partial charge in [0, 0.05) is 11.5 Å². The Morgan fingerprint density at radius 1 is 0.773 bits per heavy atom. The number of carbonyl (C=O) groups excluding carboxylic acids is 2. The van der Waals surface area contributed by atoms with Crippen LogP contribution in [0.25, 0.3) is 0 Å². The van der Waals surface area contributed by atoms with Gasteiger partial charge in [-0.2, -0.15) is 25.3 Å². The molecule has 0 radical (unpaired) electrons. The van der Waals surface area contributed by atoms with E-state index in [4.69, 9.17) is 0 Å². The molecule has 0 aliphatic heterocycles. The zero-order valence-electron chi connectivity index (χ0n) is 11.9. The Balaban J connectivity index is 4.18. The average Bonchev–Trinajstić information content (AvgIpc) is 2.49. The smallest absolute Gasteiger partial charge is 0.306 e. The highest BCUT2D eigenvalue weighted by Crippen LogP contribution is 2.07. The maximum atomic E-state index is 11.1. The molecular formula is C12H22O8S2. The summed E-state index contributed by atoms with van der Waals surface area (Å²) in [5.41, 5.74) is 0. The molecule has 8 nitrogen and oxygen atoms in total. The van der Waals surface area contributed by atoms with Crippen molar-refractivity contribution in [1.82, 2.24) is 0 Å². The van der Waals surface area contributed by atoms with Crippen molar-refractivity contribution in [2.75, 3.05) is 24.7 Å². The van der Waals surface area contributed by atoms with Crippen LogP contribution in [-0.4, -0.2) is 81.5 Å². The number of thiol groups is 2. The summed E-state index contributed by atoms with van der Waals surface area (Å²) < 4.78 is 9.28. The largest absolute Gasteiger partial charge is 0.463 e. The van der Waals surface area contributed by atoms with Crippen molar-refractivity contribution in [2.24, 2.45) is 0 Å². The van der Waals surface area contributed by atoms with Crippen molar-refractivity contribution in [3.63, 3.8) is 0 Å². The Bertz CT molecular complexity index is 309. The molecule has 10 heteroatoms. The van der Waals surface area contributed by atoms with Gasteiger partial charge in [0.2, 0.25) is 0 Å². The van der Waals surface area contributed by atoms with Crippen LogP contribution in [0.2, 0.25) is 0 Å². The summed E-state index contributed by atoms with van der Waals surface area (Å²) in [6.45, 7) is -1.09. The second kappa shape index (κ2) is 12.0. The number of aliphatic hydroxyl groups excluding tert-OH is 4. The van der Waals surface area contributed by atoms with E-state index in [0.717, 1.165) is 0 Å². The molecule has 130 valence electrons. The van der Waals surface area contributed by atoms with Gasteiger partial charge in [0.15, 0.2) is 0 Å². The lowest BCUT2D eigenvalue weighted by atomic mass is 10.0. The second-order valence-corrected chi connectivity index (χ2v) is 5.32. The van der Waals surface area contributed by atoms with Gasteiger partial charge in [-0.05, 0) is 0 Å². The van der Waals surface area contributed by atoms with E-state index >= 15 is 0 Å². The van der Waals surface area contributed by atoms with Crippen LogP contribution in [-0.2, 0) is 19.1 Å². The third kappa shape index (κ3) is 8.81. The number of hydrogen-bond donors (Lipinski definition) is 6. The van der Waals surface area contributed by atoms with Crippen LogP contribution in [0, 0.1) is 0 Å². The van der Waals surface area contributed by atoms with E-state index in [9.17, 15) is 30.0 Å². The van der Waals surface area contributed by atoms with E-state index in [1.807, 2.05) is 0 Å². The van der Waals surface area contributed by atoms with Gasteiger partial charge in [-0.3, -0.25) is 9.59 Å². The number of aliphatic hydroxyl groups is 4. The van der Waals surface area contributed by atoms with Crippen LogP contribution in [0.15, 0.2) is 0 Å². The first-order chi connectivity index (χ1) is 10.3. The third-order valence-electron chi connectivity index (χ3n) is 2.60. The van der Waals surface area contributed by atoms with E-state index in [0.29, 0.717) is 0 Å². The molecule has 0 rings (SSSR count). The van der Waals surface area contributed by atoms with Crippen LogP contribution < -0.4 is 0 Å². The minimum Gasteiger partial charge on any atom is -0.463 e. The molecule has 0 spiro atoms. The fourth-order valence-corrected chi connectivity index (χ4v) is 1.70. The number of hydrogen-bond acceptors (Lipinski definition) is 10. The van der Waals surface area contributed by atoms with Gasteiger partial charge in [-0.25, -0.2) is 0 Å². The van der Waals surface area contributed by atoms with Crippen molar-refractivity contribution in [3.05, 3.63) is 0 Å². The predicted molar refractivity (Wildman–Crippen MR) is 82.9 cm³/mol. The van der Waals surface area contributed by atoms with Gasteiger partial charge in [0.05, 0.1) is 12.8 Å². The van der Waals surface area contributed by atoms with E-state index < -0.39 is 49.6 Å². The molecule has 0 heterocycles. The fourth-order valence-electron chi connectivity index (χ4n) is 1.34. The first-order valence-electron chi connectivity index (χ1n) is 6.58. The van der Waals surface area contributed by atoms with E-state index in [2.05, 4.69) is 34.7 Å². The Morgan fingerprint density at radius 3 is 1.36 bits per heavy atom. The lowest BCUT2D eigenvalue weighted by molar-refractivity contribution is -0.162. The monoisotopic (exact) mass is 358 g/mol. The normalized spacial score (nSPS) is 16.5. The van der Waals surface area contributed by atoms with Gasteiger partial charge in [-0.1, -0.05) is 0 Å². The summed E-state index contributed by atoms with van der Waals surface area (Å²) in [4.78, 5) is 22.1. The van der Waals surface area contributed by atoms with Crippen molar-refractivity contribution in [1.29, 1.82) is 0 Å². The quantitative estimate of drug-likeness (QED) is 0.187. The van der Waals surface area contributed by atoms with E-state index in [-0.39, 0.29) is 24.3 Å². The molecule has 4 N–H and O–H groups in total. The summed E-state index contributed by atoms with van der Waals surface area (Å²) in [5.74, 6) is -0.679. The molecule has 0 aromatic carbocycles. The number of esters is 2. The fraction of sp³-hybridized carbons (Fsp3) is 0.833. The molecule has 0 aliphatic rings. The van der Waals surface area contributed by atoms with Crippen molar-refractivity contribution in [3.8, 4) is 0 Å². The lowest BCUT2D eigenvalue weighted by Gasteiger charge is -2.26. The molecule has 0 aromatic heterocycles. The predicted octanol–water partition coefficient (Wildman–Crippen LogP) is -1.84. The maximum Gasteiger partial charge on any atom is 0.306 e. The number of rotatable bonds is 11. The Hall–Kier alpha value is -0.520. The summed E-state index contributed by atoms with van der Waals surface area (Å²) >= 11 is 7.65. The summed E-state index contributed by atoms with van der Waals surface area (Å²) in [7, 11) is 0. The first-order valence-corrected chi connectivity index (χ1v) is 7.85. The van der Waals surface area contributed by atoms with Crippen LogP contribution in [0.1, 0.15) is 12.8 Å². The minimum atomic E-state index is -1.78. The van der Waals surface area contributed by atoms with Crippen LogP contribution in [0.5, 0.6) is 0 Å². The summed E-state index contributed by atoms with van der Waals surface area (Å²) in [6, 6.07) is 0. The molecule has 4 atom stereocenters. The molecule has 0 saturated heterocycles. The minimum absolute atomic E-state index is 0.0399. The van der Waals surface area contributed by atoms with E-state index in [1.165, 1.54) is 0 Å². The maximum absolute atomic E-state index is 11.1. The molecule has 22 heavy (non-hydrogen) atoms. The van der Waals surface area contributed by atoms with Gasteiger partial charge < -0.3 is 29.9 Å². The summed E-state index contributed by atoms with van der Waals surface area (Å²) in [6.07, 6.45) is -6.66. The van der Waals surface area contributed by atoms with Gasteiger partial charge in [0.25, 0.3) is 0 Å². The molecule has 0 aromatic rings. The topological polar surface area (TPSA) is 134 Å². The Labute approximate surface area is 139 Å². The van der Waals surface area contributed by atoms with Crippen molar-refractivity contribution >= 4 is 37.2 Å². The molecule has 0 bridgehead atoms. The summed E-state index contributed by atoms with van der Waals surface area (Å²) in [5, 5.41) is 38.5. The highest BCUT2D eigenvalue weighted by Gasteiger charge is 2.31. The molecule has 0 saturated carbocycles. The van der Waals surface area contributed by atoms with Crippen molar-refractivity contribution in [2.45, 2.75) is 37.3 Å². The first kappa shape index (κ1) is 21.5. The van der Waals surface area contributed by atoms with Gasteiger partial charge >= 0.3 is 11.9 Å². The average molecular weight is 358 g/mol. The molecule has 0 amide bonds. The lowest BCUT2D eigenvalue weighted by Crippen LogP contribution is -2.48. The zero-order chi connectivity index (χ0) is 17.1. The molecule has 4 unspecified atom stereocenters. The highest BCUT2D eigenvalue weighted by molar-refractivity contribution is 7.80. The Morgan fingerprint density at radius 2 is 1.09 bits per heavy atom. The van der Waals surface area contributed by atoms with Crippen molar-refractivity contribution < 1.29 is 39.5 Å². The van der Waals surface area contributed by atoms with Crippen LogP contribution >= 0.6 is 25.3 Å². The second-order valence-electron chi connectivity index (χ2n) is 4.43. The third-order valence-corrected chi connectivity index (χ3v) is 3.05. The van der Waals surface area contributed by atoms with Gasteiger partial charge in [-0.15, -0.1) is 0 Å². The van der Waals surface area contributed by atoms with Crippen LogP contribution in [0.3, 0.4) is 0 Å². The number of ether oxygens (including phenoxy) is 2. The number of carbonyl (C=O) groups is 2. The SMILES string of the molecule is O=C(CCS)OCC(O)C(O)C(O)C(O)COC(=O)CCS. The molecule has 0 aliphatic carbocycles. The van der Waals surface area contributed by atoms with E-state index in [1.54, 1.807) is 0 Å². The zero-order valence-corrected chi connectivity index (χ0v) is 13.7. The highest BCUT2D eigenvalue weighted by atomic mass is 32.1. The van der Waals surface area contributed by atoms with Crippen LogP contribution in [0.4, 0.5) is 0 Å². The molecule has 0 fully saturated rings.